The Kier molecular flexibility index (Phi) is 34.3. The molecule has 0 aliphatic carbocycles. The van der Waals surface area contributed by atoms with Crippen molar-refractivity contribution >= 4 is 82.5 Å². The molecule has 3 heterocycles. The van der Waals surface area contributed by atoms with E-state index < -0.39 is 5.97 Å². The number of primary amides is 2. The average Bonchev–Trinajstić information content (AvgIpc) is 3.75. The molecule has 14 heteroatoms. The lowest BCUT2D eigenvalue weighted by atomic mass is 10.1. The summed E-state index contributed by atoms with van der Waals surface area (Å²) in [4.78, 5) is 31.0. The van der Waals surface area contributed by atoms with E-state index >= 15 is 0 Å². The molecule has 0 spiro atoms. The number of rotatable bonds is 15. The van der Waals surface area contributed by atoms with Crippen LogP contribution < -0.4 is 11.5 Å². The minimum Gasteiger partial charge on any atom is -0.481 e. The van der Waals surface area contributed by atoms with Crippen LogP contribution in [0, 0.1) is 0 Å². The molecule has 242 valence electrons. The first-order chi connectivity index (χ1) is 19.4. The number of aliphatic carboxylic acids is 1. The van der Waals surface area contributed by atoms with Crippen molar-refractivity contribution in [3.63, 3.8) is 0 Å². The molecule has 3 atom stereocenters. The Morgan fingerprint density at radius 1 is 0.625 bits per heavy atom. The fourth-order valence-electron chi connectivity index (χ4n) is 3.68. The maximum absolute atomic E-state index is 10.4. The fraction of sp³-hybridized carbons (Fsp3) is 0.885. The van der Waals surface area contributed by atoms with Crippen molar-refractivity contribution in [2.45, 2.75) is 127 Å². The number of nitrogens with two attached hydrogens (primary N) is 2. The molecule has 40 heavy (non-hydrogen) atoms. The Labute approximate surface area is 268 Å². The van der Waals surface area contributed by atoms with Gasteiger partial charge in [0, 0.05) is 52.3 Å². The summed E-state index contributed by atoms with van der Waals surface area (Å²) < 4.78 is 26.0. The number of carboxylic acid groups (broad SMARTS) is 1. The van der Waals surface area contributed by atoms with Crippen LogP contribution in [0.4, 0.5) is 9.44 Å². The van der Waals surface area contributed by atoms with Gasteiger partial charge < -0.3 is 16.6 Å². The average molecular weight is 693 g/mol. The molecule has 3 aliphatic heterocycles. The van der Waals surface area contributed by atoms with Crippen molar-refractivity contribution in [1.29, 1.82) is 2.90 Å². The van der Waals surface area contributed by atoms with E-state index in [0.29, 0.717) is 19.3 Å². The predicted octanol–water partition coefficient (Wildman–Crippen LogP) is 8.73. The largest absolute Gasteiger partial charge is 0.481 e. The molecule has 0 bridgehead atoms. The standard InChI is InChI=1S/2C8H15NOS2.C8H14O2S2.2CH4.2FH/c3*9-8(10)4-2-1-3-7-5-6-11-12-7;;;;/h2*7H,1-6H2,(H2,9,10);7H,1-6H2,(H,9,10);2*1H4;2*1H/i/hT2. The summed E-state index contributed by atoms with van der Waals surface area (Å²) in [6.07, 6.45) is 15.3. The van der Waals surface area contributed by atoms with Crippen LogP contribution in [0.15, 0.2) is 0 Å². The summed E-state index contributed by atoms with van der Waals surface area (Å²) in [7, 11) is 11.9. The van der Waals surface area contributed by atoms with E-state index in [0.717, 1.165) is 54.3 Å². The summed E-state index contributed by atoms with van der Waals surface area (Å²) in [5.74, 6) is 2.88. The molecule has 0 saturated carbocycles. The van der Waals surface area contributed by atoms with E-state index in [1.54, 1.807) is 0 Å². The third kappa shape index (κ3) is 29.8. The number of hydrogen-bond donors (Lipinski definition) is 3. The number of carbonyl (C=O) groups excluding carboxylic acids is 2. The zero-order chi connectivity index (χ0) is 30.4. The molecule has 0 radical (unpaired) electrons. The molecule has 3 fully saturated rings. The van der Waals surface area contributed by atoms with Crippen molar-refractivity contribution in [3.05, 3.63) is 0 Å². The van der Waals surface area contributed by atoms with Gasteiger partial charge in [0.05, 0.1) is 0 Å². The summed E-state index contributed by atoms with van der Waals surface area (Å²) in [5.41, 5.74) is 10.1. The van der Waals surface area contributed by atoms with Crippen LogP contribution >= 0.6 is 64.8 Å². The van der Waals surface area contributed by atoms with Crippen molar-refractivity contribution in [1.82, 2.24) is 0 Å². The minimum absolute atomic E-state index is 0. The van der Waals surface area contributed by atoms with E-state index in [9.17, 15) is 14.4 Å². The third-order valence-electron chi connectivity index (χ3n) is 5.75. The van der Waals surface area contributed by atoms with E-state index in [-0.39, 0.29) is 26.7 Å². The normalized spacial score (nSPS) is 20.9. The van der Waals surface area contributed by atoms with E-state index in [1.165, 1.54) is 55.8 Å². The Morgan fingerprint density at radius 3 is 1.15 bits per heavy atom. The first-order valence-electron chi connectivity index (χ1n) is 13.8. The molecule has 5 N–H and O–H groups in total. The Balaban J connectivity index is -0.000000237. The van der Waals surface area contributed by atoms with Crippen LogP contribution in [-0.4, -0.2) is 58.8 Å². The highest BCUT2D eigenvalue weighted by atomic mass is 33.1. The minimum atomic E-state index is -0.663. The van der Waals surface area contributed by atoms with Crippen LogP contribution in [0.25, 0.3) is 0 Å². The summed E-state index contributed by atoms with van der Waals surface area (Å²) in [6, 6.07) is 0. The molecule has 0 aromatic heterocycles. The maximum Gasteiger partial charge on any atom is 0.303 e. The molecule has 2 amide bonds. The van der Waals surface area contributed by atoms with Crippen LogP contribution in [0.1, 0.15) is 111 Å². The van der Waals surface area contributed by atoms with Gasteiger partial charge in [0.2, 0.25) is 11.8 Å². The molecule has 0 aromatic carbocycles. The van der Waals surface area contributed by atoms with Crippen LogP contribution in [0.2, 0.25) is 0 Å². The van der Waals surface area contributed by atoms with Gasteiger partial charge in [-0.05, 0) is 57.8 Å². The van der Waals surface area contributed by atoms with Crippen molar-refractivity contribution < 1.29 is 28.9 Å². The molecular formula is C26H54F2N2O4S6. The lowest BCUT2D eigenvalue weighted by Gasteiger charge is -2.05. The first-order valence-corrected chi connectivity index (χ1v) is 20.1. The highest BCUT2D eigenvalue weighted by Gasteiger charge is 2.17. The summed E-state index contributed by atoms with van der Waals surface area (Å²) >= 11 is 0. The number of amides is 2. The monoisotopic (exact) mass is 692 g/mol. The van der Waals surface area contributed by atoms with Gasteiger partial charge in [0.15, 0.2) is 0 Å². The maximum atomic E-state index is 10.4. The van der Waals surface area contributed by atoms with Gasteiger partial charge in [-0.15, -0.1) is 0 Å². The number of unbranched alkanes of at least 4 members (excludes halogenated alkanes) is 3. The van der Waals surface area contributed by atoms with Gasteiger partial charge in [-0.1, -0.05) is 98.9 Å². The molecule has 6 nitrogen and oxygen atoms in total. The third-order valence-corrected chi connectivity index (χ3v) is 14.8. The summed E-state index contributed by atoms with van der Waals surface area (Å²) in [6.45, 7) is 0. The van der Waals surface area contributed by atoms with Crippen LogP contribution in [-0.2, 0) is 14.4 Å². The quantitative estimate of drug-likeness (QED) is 0.113. The number of hydrogen-bond acceptors (Lipinski definition) is 9. The van der Waals surface area contributed by atoms with Gasteiger partial charge >= 0.3 is 5.97 Å². The van der Waals surface area contributed by atoms with E-state index in [1.807, 2.05) is 64.8 Å². The predicted molar refractivity (Wildman–Crippen MR) is 185 cm³/mol. The van der Waals surface area contributed by atoms with Gasteiger partial charge in [-0.3, -0.25) is 23.8 Å². The SMILES string of the molecule is C.C.NC(=O)CCCCC1CCSS1.NC(=O)CCCCC1CCSS1.O=C(O)CCCCC1CCSS1.[3H]F.[3H]F. The van der Waals surface area contributed by atoms with Crippen molar-refractivity contribution in [2.75, 3.05) is 17.3 Å². The van der Waals surface area contributed by atoms with Gasteiger partial charge in [-0.2, -0.15) is 0 Å². The molecule has 0 aromatic rings. The van der Waals surface area contributed by atoms with Crippen molar-refractivity contribution in [2.24, 2.45) is 11.5 Å². The lowest BCUT2D eigenvalue weighted by molar-refractivity contribution is -0.137. The number of carbonyl (C=O) groups is 3. The second-order valence-corrected chi connectivity index (χ2v) is 17.4. The van der Waals surface area contributed by atoms with Gasteiger partial charge in [0.25, 0.3) is 2.90 Å². The molecule has 3 saturated heterocycles. The van der Waals surface area contributed by atoms with Crippen LogP contribution in [0.3, 0.4) is 0 Å². The smallest absolute Gasteiger partial charge is 0.303 e. The Hall–Kier alpha value is 0.370. The molecule has 3 aliphatic rings. The topological polar surface area (TPSA) is 123 Å². The second-order valence-electron chi connectivity index (χ2n) is 9.05. The lowest BCUT2D eigenvalue weighted by Crippen LogP contribution is -2.10. The first kappa shape index (κ1) is 42.5. The van der Waals surface area contributed by atoms with Gasteiger partial charge in [-0.25, -0.2) is 0 Å². The fourth-order valence-corrected chi connectivity index (χ4v) is 12.8. The van der Waals surface area contributed by atoms with E-state index in [2.05, 4.69) is 2.90 Å². The zero-order valence-corrected chi connectivity index (χ0v) is 26.9. The van der Waals surface area contributed by atoms with Crippen molar-refractivity contribution in [3.8, 4) is 0 Å². The highest BCUT2D eigenvalue weighted by Crippen LogP contribution is 2.41. The second kappa shape index (κ2) is 32.3. The molecule has 3 unspecified atom stereocenters. The Bertz CT molecular complexity index is 543. The summed E-state index contributed by atoms with van der Waals surface area (Å²) in [5, 5.41) is 10.9. The Morgan fingerprint density at radius 2 is 0.925 bits per heavy atom. The highest BCUT2D eigenvalue weighted by molar-refractivity contribution is 8.78. The number of carboxylic acids is 1. The zero-order valence-electron chi connectivity index (χ0n) is 24.0. The number of halogens is 2. The van der Waals surface area contributed by atoms with E-state index in [4.69, 9.17) is 26.0 Å². The molecular weight excluding hydrogens is 635 g/mol. The van der Waals surface area contributed by atoms with Crippen LogP contribution in [0.5, 0.6) is 0 Å². The van der Waals surface area contributed by atoms with Gasteiger partial charge in [0.1, 0.15) is 0 Å². The molecule has 3 rings (SSSR count).